The van der Waals surface area contributed by atoms with Gasteiger partial charge < -0.3 is 14.8 Å². The molecule has 0 spiro atoms. The maximum Gasteiger partial charge on any atom is 0.0971 e. The topological polar surface area (TPSA) is 33.7 Å². The van der Waals surface area contributed by atoms with E-state index in [1.165, 1.54) is 25.8 Å². The van der Waals surface area contributed by atoms with Crippen molar-refractivity contribution in [2.45, 2.75) is 44.4 Å². The van der Waals surface area contributed by atoms with E-state index >= 15 is 0 Å². The van der Waals surface area contributed by atoms with Gasteiger partial charge in [-0.25, -0.2) is 0 Å². The van der Waals surface area contributed by atoms with Gasteiger partial charge in [0.05, 0.1) is 12.2 Å². The maximum absolute atomic E-state index is 5.53. The van der Waals surface area contributed by atoms with Crippen molar-refractivity contribution >= 4 is 0 Å². The molecule has 0 bridgehead atoms. The van der Waals surface area contributed by atoms with Gasteiger partial charge >= 0.3 is 0 Å². The van der Waals surface area contributed by atoms with E-state index < -0.39 is 0 Å². The second kappa shape index (κ2) is 7.02. The van der Waals surface area contributed by atoms with Crippen molar-refractivity contribution < 1.29 is 9.47 Å². The minimum absolute atomic E-state index is 0.235. The Morgan fingerprint density at radius 2 is 1.74 bits per heavy atom. The Hall–Kier alpha value is -0.160. The fourth-order valence-corrected chi connectivity index (χ4v) is 3.83. The Morgan fingerprint density at radius 1 is 1.11 bits per heavy atom. The summed E-state index contributed by atoms with van der Waals surface area (Å²) < 4.78 is 11.1. The third kappa shape index (κ3) is 3.69. The molecule has 1 saturated heterocycles. The van der Waals surface area contributed by atoms with Crippen molar-refractivity contribution in [1.82, 2.24) is 10.2 Å². The third-order valence-electron chi connectivity index (χ3n) is 5.00. The molecule has 5 unspecified atom stereocenters. The summed E-state index contributed by atoms with van der Waals surface area (Å²) in [5.74, 6) is 1.63. The van der Waals surface area contributed by atoms with Crippen LogP contribution in [0.1, 0.15) is 26.2 Å². The SMILES string of the molecule is CNC1CCC(C)CC1CN1CC(OC)C(OC)C1. The summed E-state index contributed by atoms with van der Waals surface area (Å²) in [6.45, 7) is 5.58. The predicted molar refractivity (Wildman–Crippen MR) is 77.4 cm³/mol. The van der Waals surface area contributed by atoms with Crippen LogP contribution >= 0.6 is 0 Å². The molecule has 112 valence electrons. The summed E-state index contributed by atoms with van der Waals surface area (Å²) in [5, 5.41) is 3.51. The summed E-state index contributed by atoms with van der Waals surface area (Å²) in [5.41, 5.74) is 0. The lowest BCUT2D eigenvalue weighted by Gasteiger charge is -2.37. The summed E-state index contributed by atoms with van der Waals surface area (Å²) in [6.07, 6.45) is 4.50. The van der Waals surface area contributed by atoms with Gasteiger partial charge in [-0.1, -0.05) is 6.92 Å². The molecule has 1 aliphatic heterocycles. The molecule has 1 N–H and O–H groups in total. The molecule has 1 heterocycles. The second-order valence-corrected chi connectivity index (χ2v) is 6.34. The minimum Gasteiger partial charge on any atom is -0.377 e. The van der Waals surface area contributed by atoms with E-state index in [2.05, 4.69) is 24.2 Å². The zero-order chi connectivity index (χ0) is 13.8. The van der Waals surface area contributed by atoms with Crippen LogP contribution in [-0.4, -0.2) is 64.1 Å². The van der Waals surface area contributed by atoms with E-state index in [0.717, 1.165) is 24.9 Å². The molecule has 2 aliphatic rings. The van der Waals surface area contributed by atoms with Gasteiger partial charge in [0, 0.05) is 39.9 Å². The highest BCUT2D eigenvalue weighted by molar-refractivity contribution is 4.90. The van der Waals surface area contributed by atoms with E-state index in [1.807, 2.05) is 0 Å². The molecule has 0 aromatic heterocycles. The Morgan fingerprint density at radius 3 is 2.26 bits per heavy atom. The third-order valence-corrected chi connectivity index (χ3v) is 5.00. The number of hydrogen-bond acceptors (Lipinski definition) is 4. The average molecular weight is 270 g/mol. The van der Waals surface area contributed by atoms with Crippen LogP contribution in [0.25, 0.3) is 0 Å². The molecule has 1 saturated carbocycles. The number of nitrogens with one attached hydrogen (secondary N) is 1. The lowest BCUT2D eigenvalue weighted by atomic mass is 9.78. The molecular weight excluding hydrogens is 240 g/mol. The Labute approximate surface area is 117 Å². The van der Waals surface area contributed by atoms with Crippen LogP contribution in [0, 0.1) is 11.8 Å². The molecule has 0 radical (unpaired) electrons. The van der Waals surface area contributed by atoms with Crippen molar-refractivity contribution in [3.63, 3.8) is 0 Å². The smallest absolute Gasteiger partial charge is 0.0971 e. The lowest BCUT2D eigenvalue weighted by Crippen LogP contribution is -2.44. The van der Waals surface area contributed by atoms with E-state index in [4.69, 9.17) is 9.47 Å². The zero-order valence-electron chi connectivity index (χ0n) is 12.9. The number of methoxy groups -OCH3 is 2. The summed E-state index contributed by atoms with van der Waals surface area (Å²) in [6, 6.07) is 0.679. The van der Waals surface area contributed by atoms with Crippen LogP contribution in [0.5, 0.6) is 0 Å². The number of ether oxygens (including phenoxy) is 2. The second-order valence-electron chi connectivity index (χ2n) is 6.34. The van der Waals surface area contributed by atoms with E-state index in [1.54, 1.807) is 14.2 Å². The number of nitrogens with zero attached hydrogens (tertiary/aromatic N) is 1. The van der Waals surface area contributed by atoms with Gasteiger partial charge in [-0.2, -0.15) is 0 Å². The van der Waals surface area contributed by atoms with E-state index in [9.17, 15) is 0 Å². The Balaban J connectivity index is 1.89. The summed E-state index contributed by atoms with van der Waals surface area (Å²) >= 11 is 0. The summed E-state index contributed by atoms with van der Waals surface area (Å²) in [4.78, 5) is 2.52. The Kier molecular flexibility index (Phi) is 5.63. The quantitative estimate of drug-likeness (QED) is 0.818. The largest absolute Gasteiger partial charge is 0.377 e. The molecular formula is C15H30N2O2. The fraction of sp³-hybridized carbons (Fsp3) is 1.00. The first kappa shape index (κ1) is 15.2. The van der Waals surface area contributed by atoms with Gasteiger partial charge in [-0.05, 0) is 38.1 Å². The highest BCUT2D eigenvalue weighted by Crippen LogP contribution is 2.30. The number of hydrogen-bond donors (Lipinski definition) is 1. The van der Waals surface area contributed by atoms with Crippen LogP contribution in [-0.2, 0) is 9.47 Å². The van der Waals surface area contributed by atoms with Crippen LogP contribution < -0.4 is 5.32 Å². The first-order valence-electron chi connectivity index (χ1n) is 7.63. The molecule has 19 heavy (non-hydrogen) atoms. The fourth-order valence-electron chi connectivity index (χ4n) is 3.83. The highest BCUT2D eigenvalue weighted by atomic mass is 16.5. The number of likely N-dealkylation sites (tertiary alicyclic amines) is 1. The zero-order valence-corrected chi connectivity index (χ0v) is 12.9. The van der Waals surface area contributed by atoms with Gasteiger partial charge in [0.25, 0.3) is 0 Å². The van der Waals surface area contributed by atoms with Crippen LogP contribution in [0.3, 0.4) is 0 Å². The van der Waals surface area contributed by atoms with Crippen molar-refractivity contribution in [3.05, 3.63) is 0 Å². The molecule has 0 amide bonds. The van der Waals surface area contributed by atoms with Gasteiger partial charge in [0.15, 0.2) is 0 Å². The van der Waals surface area contributed by atoms with Gasteiger partial charge in [-0.15, -0.1) is 0 Å². The van der Waals surface area contributed by atoms with Gasteiger partial charge in [0.2, 0.25) is 0 Å². The minimum atomic E-state index is 0.235. The molecule has 1 aliphatic carbocycles. The molecule has 0 aromatic rings. The maximum atomic E-state index is 5.53. The van der Waals surface area contributed by atoms with Crippen molar-refractivity contribution in [2.75, 3.05) is 40.9 Å². The average Bonchev–Trinajstić information content (AvgIpc) is 2.81. The van der Waals surface area contributed by atoms with E-state index in [-0.39, 0.29) is 12.2 Å². The monoisotopic (exact) mass is 270 g/mol. The normalized spacial score (nSPS) is 40.7. The molecule has 4 nitrogen and oxygen atoms in total. The first-order chi connectivity index (χ1) is 9.17. The van der Waals surface area contributed by atoms with Gasteiger partial charge in [0.1, 0.15) is 0 Å². The van der Waals surface area contributed by atoms with Crippen LogP contribution in [0.15, 0.2) is 0 Å². The molecule has 4 heteroatoms. The van der Waals surface area contributed by atoms with Crippen molar-refractivity contribution in [3.8, 4) is 0 Å². The summed E-state index contributed by atoms with van der Waals surface area (Å²) in [7, 11) is 5.69. The van der Waals surface area contributed by atoms with Gasteiger partial charge in [-0.3, -0.25) is 4.90 Å². The van der Waals surface area contributed by atoms with Crippen LogP contribution in [0.4, 0.5) is 0 Å². The number of rotatable bonds is 5. The van der Waals surface area contributed by atoms with Crippen molar-refractivity contribution in [1.29, 1.82) is 0 Å². The molecule has 0 aromatic carbocycles. The van der Waals surface area contributed by atoms with Crippen molar-refractivity contribution in [2.24, 2.45) is 11.8 Å². The standard InChI is InChI=1S/C15H30N2O2/c1-11-5-6-13(16-2)12(7-11)8-17-9-14(18-3)15(10-17)19-4/h11-16H,5-10H2,1-4H3. The Bertz CT molecular complexity index is 263. The van der Waals surface area contributed by atoms with E-state index in [0.29, 0.717) is 6.04 Å². The lowest BCUT2D eigenvalue weighted by molar-refractivity contribution is -0.00461. The predicted octanol–water partition coefficient (Wildman–Crippen LogP) is 1.36. The molecule has 2 rings (SSSR count). The molecule has 5 atom stereocenters. The van der Waals surface area contributed by atoms with Crippen LogP contribution in [0.2, 0.25) is 0 Å². The highest BCUT2D eigenvalue weighted by Gasteiger charge is 2.36. The first-order valence-corrected chi connectivity index (χ1v) is 7.63. The molecule has 2 fully saturated rings.